The second-order valence-corrected chi connectivity index (χ2v) is 11.7. The minimum absolute atomic E-state index is 0.142. The normalized spacial score (nSPS) is 17.7. The number of anilines is 1. The van der Waals surface area contributed by atoms with Crippen molar-refractivity contribution >= 4 is 29.4 Å². The molecule has 9 nitrogen and oxygen atoms in total. The number of amides is 5. The van der Waals surface area contributed by atoms with Gasteiger partial charge in [-0.2, -0.15) is 0 Å². The van der Waals surface area contributed by atoms with Crippen LogP contribution in [0.1, 0.15) is 36.1 Å². The molecule has 42 heavy (non-hydrogen) atoms. The van der Waals surface area contributed by atoms with E-state index in [0.717, 1.165) is 22.3 Å². The summed E-state index contributed by atoms with van der Waals surface area (Å²) in [6.07, 6.45) is 0.793. The highest BCUT2D eigenvalue weighted by atomic mass is 16.5. The summed E-state index contributed by atoms with van der Waals surface area (Å²) in [4.78, 5) is 54.8. The number of carbonyl (C=O) groups excluding carboxylic acids is 4. The minimum Gasteiger partial charge on any atom is -0.376 e. The van der Waals surface area contributed by atoms with Gasteiger partial charge in [0.25, 0.3) is 5.91 Å². The number of likely N-dealkylation sites (N-methyl/N-ethyl adjacent to an activating group) is 1. The molecule has 0 aromatic heterocycles. The van der Waals surface area contributed by atoms with E-state index in [1.54, 1.807) is 18.0 Å². The van der Waals surface area contributed by atoms with Crippen LogP contribution >= 0.6 is 0 Å². The molecule has 1 fully saturated rings. The first-order valence-electron chi connectivity index (χ1n) is 14.0. The zero-order chi connectivity index (χ0) is 29.9. The van der Waals surface area contributed by atoms with Crippen molar-refractivity contribution in [2.24, 2.45) is 5.41 Å². The van der Waals surface area contributed by atoms with E-state index in [1.165, 1.54) is 4.90 Å². The number of carbonyl (C=O) groups is 4. The second kappa shape index (κ2) is 11.8. The van der Waals surface area contributed by atoms with E-state index >= 15 is 0 Å². The number of benzene rings is 3. The first kappa shape index (κ1) is 29.0. The van der Waals surface area contributed by atoms with Crippen LogP contribution in [0.5, 0.6) is 0 Å². The van der Waals surface area contributed by atoms with Crippen molar-refractivity contribution in [2.75, 3.05) is 25.5 Å². The number of nitrogens with one attached hydrogen (secondary N) is 2. The third kappa shape index (κ3) is 6.06. The molecule has 3 aromatic rings. The van der Waals surface area contributed by atoms with Gasteiger partial charge < -0.3 is 19.9 Å². The summed E-state index contributed by atoms with van der Waals surface area (Å²) < 4.78 is 5.91. The van der Waals surface area contributed by atoms with Crippen LogP contribution in [0.4, 0.5) is 10.5 Å². The number of fused-ring (bicyclic) bond motifs is 1. The zero-order valence-electron chi connectivity index (χ0n) is 24.2. The Morgan fingerprint density at radius 1 is 0.952 bits per heavy atom. The Bertz CT molecular complexity index is 1490. The van der Waals surface area contributed by atoms with E-state index in [0.29, 0.717) is 25.1 Å². The molecule has 0 radical (unpaired) electrons. The Morgan fingerprint density at radius 3 is 2.24 bits per heavy atom. The van der Waals surface area contributed by atoms with Gasteiger partial charge in [0.1, 0.15) is 12.1 Å². The third-order valence-electron chi connectivity index (χ3n) is 8.04. The number of hydrogen-bond donors (Lipinski definition) is 2. The highest BCUT2D eigenvalue weighted by molar-refractivity contribution is 6.07. The lowest BCUT2D eigenvalue weighted by Crippen LogP contribution is -2.48. The Balaban J connectivity index is 1.26. The fourth-order valence-corrected chi connectivity index (χ4v) is 5.64. The molecular formula is C33H36N4O5. The van der Waals surface area contributed by atoms with Gasteiger partial charge in [-0.05, 0) is 48.2 Å². The Labute approximate surface area is 245 Å². The fraction of sp³-hybridized carbons (Fsp3) is 0.333. The maximum absolute atomic E-state index is 13.8. The third-order valence-corrected chi connectivity index (χ3v) is 8.04. The van der Waals surface area contributed by atoms with Crippen molar-refractivity contribution < 1.29 is 23.9 Å². The molecule has 5 amide bonds. The second-order valence-electron chi connectivity index (χ2n) is 11.7. The molecule has 5 rings (SSSR count). The van der Waals surface area contributed by atoms with Crippen LogP contribution in [-0.4, -0.2) is 59.3 Å². The largest absolute Gasteiger partial charge is 0.376 e. The lowest BCUT2D eigenvalue weighted by Gasteiger charge is -2.31. The van der Waals surface area contributed by atoms with Crippen LogP contribution < -0.4 is 10.6 Å². The standard InChI is InChI=1S/C33H36N4O5/c1-32(2,22-42-21-24-12-8-5-9-13-24)30(40)37(19-23-10-6-4-7-11-23)20-28(38)34-27-15-14-25-17-33(18-26(25)16-27)29(39)35-31(41)36(33)3/h4-16H,17-22H2,1-3H3,(H,34,38)(H,35,39,41). The van der Waals surface area contributed by atoms with E-state index < -0.39 is 17.0 Å². The SMILES string of the molecule is CN1C(=O)NC(=O)C12Cc1ccc(NC(=O)CN(Cc3ccccc3)C(=O)C(C)(C)COCc3ccccc3)cc1C2. The van der Waals surface area contributed by atoms with Crippen molar-refractivity contribution in [3.63, 3.8) is 0 Å². The van der Waals surface area contributed by atoms with Crippen LogP contribution in [0.2, 0.25) is 0 Å². The van der Waals surface area contributed by atoms with Gasteiger partial charge in [-0.1, -0.05) is 66.7 Å². The highest BCUT2D eigenvalue weighted by Crippen LogP contribution is 2.38. The van der Waals surface area contributed by atoms with Crippen molar-refractivity contribution in [3.8, 4) is 0 Å². The lowest BCUT2D eigenvalue weighted by molar-refractivity contribution is -0.146. The van der Waals surface area contributed by atoms with Gasteiger partial charge in [-0.3, -0.25) is 19.7 Å². The van der Waals surface area contributed by atoms with Crippen molar-refractivity contribution in [3.05, 3.63) is 101 Å². The van der Waals surface area contributed by atoms with Crippen LogP contribution in [0.25, 0.3) is 0 Å². The molecule has 0 saturated carbocycles. The molecule has 2 N–H and O–H groups in total. The van der Waals surface area contributed by atoms with Gasteiger partial charge in [0, 0.05) is 32.1 Å². The van der Waals surface area contributed by atoms with Gasteiger partial charge in [0.05, 0.1) is 18.6 Å². The van der Waals surface area contributed by atoms with E-state index in [4.69, 9.17) is 4.74 Å². The van der Waals surface area contributed by atoms with Crippen LogP contribution in [0, 0.1) is 5.41 Å². The van der Waals surface area contributed by atoms with Crippen LogP contribution in [-0.2, 0) is 45.1 Å². The molecule has 1 saturated heterocycles. The number of imide groups is 1. The Kier molecular flexibility index (Phi) is 8.13. The van der Waals surface area contributed by atoms with Crippen LogP contribution in [0.3, 0.4) is 0 Å². The molecule has 3 aromatic carbocycles. The summed E-state index contributed by atoms with van der Waals surface area (Å²) >= 11 is 0. The van der Waals surface area contributed by atoms with E-state index in [-0.39, 0.29) is 37.4 Å². The molecule has 2 aliphatic rings. The summed E-state index contributed by atoms with van der Waals surface area (Å²) in [5.74, 6) is -0.827. The Hall–Kier alpha value is -4.50. The molecular weight excluding hydrogens is 532 g/mol. The summed E-state index contributed by atoms with van der Waals surface area (Å²) in [6.45, 7) is 4.38. The van der Waals surface area contributed by atoms with E-state index in [2.05, 4.69) is 10.6 Å². The first-order chi connectivity index (χ1) is 20.1. The predicted molar refractivity (Wildman–Crippen MR) is 158 cm³/mol. The molecule has 1 atom stereocenters. The van der Waals surface area contributed by atoms with Gasteiger partial charge in [0.15, 0.2) is 0 Å². The number of urea groups is 1. The number of ether oxygens (including phenoxy) is 1. The lowest BCUT2D eigenvalue weighted by atomic mass is 9.92. The monoisotopic (exact) mass is 568 g/mol. The maximum atomic E-state index is 13.8. The number of hydrogen-bond acceptors (Lipinski definition) is 5. The van der Waals surface area contributed by atoms with Gasteiger partial charge >= 0.3 is 6.03 Å². The first-order valence-corrected chi connectivity index (χ1v) is 14.0. The molecule has 1 aliphatic carbocycles. The molecule has 1 aliphatic heterocycles. The Morgan fingerprint density at radius 2 is 1.60 bits per heavy atom. The number of nitrogens with zero attached hydrogens (tertiary/aromatic N) is 2. The van der Waals surface area contributed by atoms with Gasteiger partial charge in [-0.15, -0.1) is 0 Å². The molecule has 1 heterocycles. The molecule has 218 valence electrons. The highest BCUT2D eigenvalue weighted by Gasteiger charge is 2.54. The van der Waals surface area contributed by atoms with Crippen molar-refractivity contribution in [1.29, 1.82) is 0 Å². The summed E-state index contributed by atoms with van der Waals surface area (Å²) in [7, 11) is 1.63. The van der Waals surface area contributed by atoms with Crippen LogP contribution in [0.15, 0.2) is 78.9 Å². The average molecular weight is 569 g/mol. The van der Waals surface area contributed by atoms with Gasteiger partial charge in [-0.25, -0.2) is 4.79 Å². The van der Waals surface area contributed by atoms with Crippen molar-refractivity contribution in [2.45, 2.75) is 45.4 Å². The molecule has 1 unspecified atom stereocenters. The van der Waals surface area contributed by atoms with Gasteiger partial charge in [0.2, 0.25) is 11.8 Å². The quantitative estimate of drug-likeness (QED) is 0.361. The molecule has 9 heteroatoms. The summed E-state index contributed by atoms with van der Waals surface area (Å²) in [6, 6.07) is 24.4. The predicted octanol–water partition coefficient (Wildman–Crippen LogP) is 3.92. The minimum atomic E-state index is -0.935. The summed E-state index contributed by atoms with van der Waals surface area (Å²) in [5, 5.41) is 5.32. The topological polar surface area (TPSA) is 108 Å². The molecule has 0 bridgehead atoms. The maximum Gasteiger partial charge on any atom is 0.324 e. The average Bonchev–Trinajstić information content (AvgIpc) is 3.45. The zero-order valence-corrected chi connectivity index (χ0v) is 24.2. The summed E-state index contributed by atoms with van der Waals surface area (Å²) in [5.41, 5.74) is 2.57. The van der Waals surface area contributed by atoms with E-state index in [1.807, 2.05) is 86.6 Å². The smallest absolute Gasteiger partial charge is 0.324 e. The van der Waals surface area contributed by atoms with Crippen molar-refractivity contribution in [1.82, 2.24) is 15.1 Å². The number of rotatable bonds is 10. The van der Waals surface area contributed by atoms with E-state index in [9.17, 15) is 19.2 Å². The molecule has 1 spiro atoms. The fourth-order valence-electron chi connectivity index (χ4n) is 5.64.